The number of para-hydroxylation sites is 1. The van der Waals surface area contributed by atoms with Gasteiger partial charge >= 0.3 is 16.2 Å². The van der Waals surface area contributed by atoms with Crippen LogP contribution in [0.1, 0.15) is 6.92 Å². The number of carbonyl (C=O) groups excluding carboxylic acids is 2. The molecule has 0 N–H and O–H groups in total. The number of amides is 1. The van der Waals surface area contributed by atoms with E-state index >= 15 is 0 Å². The number of esters is 1. The van der Waals surface area contributed by atoms with Gasteiger partial charge in [0, 0.05) is 18.9 Å². The molecule has 0 atom stereocenters. The number of ether oxygens (including phenoxy) is 1. The molecule has 0 fully saturated rings. The molecule has 0 bridgehead atoms. The summed E-state index contributed by atoms with van der Waals surface area (Å²) in [7, 11) is -1.35. The summed E-state index contributed by atoms with van der Waals surface area (Å²) < 4.78 is 33.1. The zero-order valence-electron chi connectivity index (χ0n) is 13.5. The Balaban J connectivity index is 2.25. The van der Waals surface area contributed by atoms with Gasteiger partial charge in [0.15, 0.2) is 0 Å². The van der Waals surface area contributed by atoms with Crippen molar-refractivity contribution in [2.75, 3.05) is 25.6 Å². The van der Waals surface area contributed by atoms with Crippen LogP contribution in [0, 0.1) is 0 Å². The van der Waals surface area contributed by atoms with Crippen molar-refractivity contribution in [3.8, 4) is 0 Å². The largest absolute Gasteiger partial charge is 0.465 e. The molecule has 0 unspecified atom stereocenters. The first-order chi connectivity index (χ1) is 11.3. The minimum atomic E-state index is -4.07. The molecule has 1 aromatic rings. The van der Waals surface area contributed by atoms with Crippen LogP contribution in [0.4, 0.5) is 5.69 Å². The van der Waals surface area contributed by atoms with Crippen LogP contribution in [-0.4, -0.2) is 51.0 Å². The van der Waals surface area contributed by atoms with Gasteiger partial charge < -0.3 is 9.64 Å². The smallest absolute Gasteiger partial charge is 0.344 e. The number of hydrogen-bond donors (Lipinski definition) is 0. The molecule has 1 heterocycles. The first-order valence-electron chi connectivity index (χ1n) is 6.96. The first kappa shape index (κ1) is 17.7. The predicted octanol–water partition coefficient (Wildman–Crippen LogP) is 0.728. The van der Waals surface area contributed by atoms with E-state index < -0.39 is 28.6 Å². The standard InChI is InChI=1S/C15H17N3O5S/c1-11-13(15(20)23-3)9-18(24(21,22)16-11)10-14(19)17(2)12-7-5-4-6-8-12/h4-9H,10H2,1-3H3. The maximum Gasteiger partial charge on any atom is 0.344 e. The predicted molar refractivity (Wildman–Crippen MR) is 88.7 cm³/mol. The molecule has 128 valence electrons. The van der Waals surface area contributed by atoms with Gasteiger partial charge in [-0.05, 0) is 19.1 Å². The van der Waals surface area contributed by atoms with Crippen molar-refractivity contribution in [3.05, 3.63) is 42.1 Å². The van der Waals surface area contributed by atoms with Gasteiger partial charge in [0.2, 0.25) is 5.91 Å². The first-order valence-corrected chi connectivity index (χ1v) is 8.36. The minimum Gasteiger partial charge on any atom is -0.465 e. The van der Waals surface area contributed by atoms with E-state index in [2.05, 4.69) is 9.13 Å². The monoisotopic (exact) mass is 351 g/mol. The van der Waals surface area contributed by atoms with Crippen molar-refractivity contribution in [1.82, 2.24) is 4.31 Å². The number of carbonyl (C=O) groups is 2. The van der Waals surface area contributed by atoms with Gasteiger partial charge in [-0.1, -0.05) is 18.2 Å². The highest BCUT2D eigenvalue weighted by atomic mass is 32.2. The van der Waals surface area contributed by atoms with E-state index in [0.29, 0.717) is 5.69 Å². The Hall–Kier alpha value is -2.68. The van der Waals surface area contributed by atoms with Crippen LogP contribution in [-0.2, 0) is 24.5 Å². The Labute approximate surface area is 140 Å². The Kier molecular flexibility index (Phi) is 5.03. The van der Waals surface area contributed by atoms with E-state index in [1.165, 1.54) is 26.0 Å². The second-order valence-electron chi connectivity index (χ2n) is 5.02. The van der Waals surface area contributed by atoms with Crippen molar-refractivity contribution in [2.45, 2.75) is 6.92 Å². The molecule has 1 aliphatic rings. The fourth-order valence-electron chi connectivity index (χ4n) is 2.05. The van der Waals surface area contributed by atoms with E-state index in [9.17, 15) is 18.0 Å². The molecule has 0 aliphatic carbocycles. The van der Waals surface area contributed by atoms with Crippen LogP contribution in [0.5, 0.6) is 0 Å². The van der Waals surface area contributed by atoms with E-state index in [1.54, 1.807) is 30.3 Å². The summed E-state index contributed by atoms with van der Waals surface area (Å²) in [4.78, 5) is 25.4. The normalized spacial score (nSPS) is 16.0. The molecular weight excluding hydrogens is 334 g/mol. The van der Waals surface area contributed by atoms with Crippen LogP contribution in [0.2, 0.25) is 0 Å². The molecule has 0 saturated heterocycles. The second kappa shape index (κ2) is 6.83. The number of methoxy groups -OCH3 is 1. The fourth-order valence-corrected chi connectivity index (χ4v) is 3.11. The number of benzene rings is 1. The molecule has 0 aromatic heterocycles. The van der Waals surface area contributed by atoms with Gasteiger partial charge in [-0.2, -0.15) is 8.42 Å². The summed E-state index contributed by atoms with van der Waals surface area (Å²) in [6, 6.07) is 8.78. The lowest BCUT2D eigenvalue weighted by molar-refractivity contribution is -0.135. The quantitative estimate of drug-likeness (QED) is 0.745. The van der Waals surface area contributed by atoms with Gasteiger partial charge in [0.1, 0.15) is 6.54 Å². The summed E-state index contributed by atoms with van der Waals surface area (Å²) in [6.45, 7) is 0.903. The van der Waals surface area contributed by atoms with Crippen LogP contribution in [0.15, 0.2) is 46.5 Å². The number of nitrogens with zero attached hydrogens (tertiary/aromatic N) is 3. The molecule has 1 aromatic carbocycles. The Morgan fingerprint density at radius 3 is 2.46 bits per heavy atom. The van der Waals surface area contributed by atoms with Crippen molar-refractivity contribution in [1.29, 1.82) is 0 Å². The lowest BCUT2D eigenvalue weighted by atomic mass is 10.2. The van der Waals surface area contributed by atoms with Crippen molar-refractivity contribution >= 4 is 33.5 Å². The fraction of sp³-hybridized carbons (Fsp3) is 0.267. The number of likely N-dealkylation sites (N-methyl/N-ethyl adjacent to an activating group) is 1. The third-order valence-electron chi connectivity index (χ3n) is 3.43. The molecule has 9 heteroatoms. The number of hydrogen-bond acceptors (Lipinski definition) is 5. The molecule has 1 amide bonds. The Morgan fingerprint density at radius 1 is 1.25 bits per heavy atom. The topological polar surface area (TPSA) is 96.4 Å². The van der Waals surface area contributed by atoms with Gasteiger partial charge in [0.05, 0.1) is 18.4 Å². The highest BCUT2D eigenvalue weighted by Gasteiger charge is 2.30. The van der Waals surface area contributed by atoms with E-state index in [-0.39, 0.29) is 11.3 Å². The van der Waals surface area contributed by atoms with Gasteiger partial charge in [0.25, 0.3) is 0 Å². The second-order valence-corrected chi connectivity index (χ2v) is 6.57. The highest BCUT2D eigenvalue weighted by molar-refractivity contribution is 7.88. The summed E-state index contributed by atoms with van der Waals surface area (Å²) in [5.74, 6) is -1.19. The van der Waals surface area contributed by atoms with Crippen molar-refractivity contribution in [2.24, 2.45) is 4.40 Å². The van der Waals surface area contributed by atoms with E-state index in [1.807, 2.05) is 0 Å². The Morgan fingerprint density at radius 2 is 1.88 bits per heavy atom. The average molecular weight is 351 g/mol. The third kappa shape index (κ3) is 3.62. The van der Waals surface area contributed by atoms with Crippen molar-refractivity contribution < 1.29 is 22.7 Å². The van der Waals surface area contributed by atoms with Crippen LogP contribution in [0.25, 0.3) is 0 Å². The maximum atomic E-state index is 12.4. The van der Waals surface area contributed by atoms with Gasteiger partial charge in [-0.3, -0.25) is 4.79 Å². The molecule has 0 saturated carbocycles. The van der Waals surface area contributed by atoms with Crippen LogP contribution in [0.3, 0.4) is 0 Å². The zero-order chi connectivity index (χ0) is 17.9. The SMILES string of the molecule is COC(=O)C1=CN(CC(=O)N(C)c2ccccc2)S(=O)(=O)N=C1C. The zero-order valence-corrected chi connectivity index (χ0v) is 14.3. The van der Waals surface area contributed by atoms with Gasteiger partial charge in [-0.25, -0.2) is 9.10 Å². The lowest BCUT2D eigenvalue weighted by Crippen LogP contribution is -2.40. The number of rotatable bonds is 4. The molecule has 24 heavy (non-hydrogen) atoms. The minimum absolute atomic E-state index is 0.0116. The molecule has 1 aliphatic heterocycles. The highest BCUT2D eigenvalue weighted by Crippen LogP contribution is 2.18. The summed E-state index contributed by atoms with van der Waals surface area (Å²) in [5, 5.41) is 0. The van der Waals surface area contributed by atoms with Crippen LogP contribution < -0.4 is 4.90 Å². The third-order valence-corrected chi connectivity index (χ3v) is 4.76. The molecule has 0 spiro atoms. The number of anilines is 1. The summed E-state index contributed by atoms with van der Waals surface area (Å²) >= 11 is 0. The van der Waals surface area contributed by atoms with Crippen LogP contribution >= 0.6 is 0 Å². The average Bonchev–Trinajstić information content (AvgIpc) is 2.56. The van der Waals surface area contributed by atoms with E-state index in [0.717, 1.165) is 10.5 Å². The molecular formula is C15H17N3O5S. The maximum absolute atomic E-state index is 12.4. The Bertz CT molecular complexity index is 815. The summed E-state index contributed by atoms with van der Waals surface area (Å²) in [6.07, 6.45) is 1.07. The summed E-state index contributed by atoms with van der Waals surface area (Å²) in [5.41, 5.74) is 0.623. The lowest BCUT2D eigenvalue weighted by Gasteiger charge is -2.25. The molecule has 0 radical (unpaired) electrons. The molecule has 8 nitrogen and oxygen atoms in total. The van der Waals surface area contributed by atoms with Crippen molar-refractivity contribution in [3.63, 3.8) is 0 Å². The van der Waals surface area contributed by atoms with Gasteiger partial charge in [-0.15, -0.1) is 4.40 Å². The molecule has 2 rings (SSSR count). The van der Waals surface area contributed by atoms with E-state index in [4.69, 9.17) is 0 Å².